The maximum Gasteiger partial charge on any atom is 0.307 e. The van der Waals surface area contributed by atoms with Gasteiger partial charge in [-0.1, -0.05) is 35.5 Å². The molecular weight excluding hydrogens is 380 g/mol. The van der Waals surface area contributed by atoms with Crippen LogP contribution in [-0.2, 0) is 24.1 Å². The number of aromatic amines is 1. The summed E-state index contributed by atoms with van der Waals surface area (Å²) in [5, 5.41) is 25.0. The highest BCUT2D eigenvalue weighted by Gasteiger charge is 2.24. The Morgan fingerprint density at radius 2 is 2.03 bits per heavy atom. The normalized spacial score (nSPS) is 15.0. The van der Waals surface area contributed by atoms with Gasteiger partial charge in [0, 0.05) is 46.5 Å². The van der Waals surface area contributed by atoms with Gasteiger partial charge >= 0.3 is 5.97 Å². The van der Waals surface area contributed by atoms with Crippen LogP contribution in [0.4, 0.5) is 0 Å². The first-order valence-electron chi connectivity index (χ1n) is 10.2. The van der Waals surface area contributed by atoms with E-state index in [4.69, 9.17) is 4.42 Å². The lowest BCUT2D eigenvalue weighted by Crippen LogP contribution is -2.21. The molecule has 0 spiro atoms. The second kappa shape index (κ2) is 7.37. The second-order valence-corrected chi connectivity index (χ2v) is 7.92. The van der Waals surface area contributed by atoms with Gasteiger partial charge in [-0.25, -0.2) is 0 Å². The number of hydrogen-bond acceptors (Lipinski definition) is 4. The zero-order valence-corrected chi connectivity index (χ0v) is 16.4. The van der Waals surface area contributed by atoms with E-state index in [-0.39, 0.29) is 6.42 Å². The first-order valence-corrected chi connectivity index (χ1v) is 10.2. The standard InChI is InChI=1S/C24H22N2O4/c27-24(28)15(10-16-13-25-20-6-2-1-4-17(16)20)11-21(26-29)14-8-9-19-18-5-3-7-22(18)30-23(19)12-14/h1-2,4,6,8-9,12-13,15,25,29H,3,5,7,10-11H2,(H,27,28)/t15-/m1/s1. The Morgan fingerprint density at radius 3 is 2.87 bits per heavy atom. The number of aryl methyl sites for hydroxylation is 2. The van der Waals surface area contributed by atoms with Gasteiger partial charge in [-0.3, -0.25) is 4.79 Å². The average molecular weight is 402 g/mol. The lowest BCUT2D eigenvalue weighted by atomic mass is 9.91. The molecule has 3 N–H and O–H groups in total. The number of hydrogen-bond donors (Lipinski definition) is 3. The first-order chi connectivity index (χ1) is 14.6. The average Bonchev–Trinajstić information content (AvgIpc) is 3.45. The molecule has 6 nitrogen and oxygen atoms in total. The first kappa shape index (κ1) is 18.5. The molecule has 4 aromatic rings. The van der Waals surface area contributed by atoms with E-state index in [0.717, 1.165) is 52.5 Å². The highest BCUT2D eigenvalue weighted by atomic mass is 16.4. The van der Waals surface area contributed by atoms with Crippen LogP contribution in [0.5, 0.6) is 0 Å². The maximum atomic E-state index is 12.0. The van der Waals surface area contributed by atoms with Gasteiger partial charge in [-0.05, 0) is 37.0 Å². The number of carboxylic acids is 1. The number of nitrogens with zero attached hydrogens (tertiary/aromatic N) is 1. The Balaban J connectivity index is 1.42. The van der Waals surface area contributed by atoms with E-state index in [1.807, 2.05) is 48.7 Å². The molecular formula is C24H22N2O4. The minimum Gasteiger partial charge on any atom is -0.481 e. The summed E-state index contributed by atoms with van der Waals surface area (Å²) < 4.78 is 5.97. The summed E-state index contributed by atoms with van der Waals surface area (Å²) in [5.41, 5.74) is 4.98. The van der Waals surface area contributed by atoms with Crippen LogP contribution in [0, 0.1) is 5.92 Å². The Hall–Kier alpha value is -3.54. The van der Waals surface area contributed by atoms with Gasteiger partial charge in [0.05, 0.1) is 11.6 Å². The van der Waals surface area contributed by atoms with E-state index in [2.05, 4.69) is 10.1 Å². The number of aliphatic carboxylic acids is 1. The fourth-order valence-electron chi connectivity index (χ4n) is 4.54. The van der Waals surface area contributed by atoms with Crippen molar-refractivity contribution in [3.63, 3.8) is 0 Å². The molecule has 30 heavy (non-hydrogen) atoms. The van der Waals surface area contributed by atoms with Gasteiger partial charge in [-0.2, -0.15) is 0 Å². The van der Waals surface area contributed by atoms with Crippen molar-refractivity contribution < 1.29 is 19.5 Å². The number of aromatic nitrogens is 1. The summed E-state index contributed by atoms with van der Waals surface area (Å²) in [6, 6.07) is 13.5. The number of carboxylic acid groups (broad SMARTS) is 1. The van der Waals surface area contributed by atoms with Gasteiger partial charge in [0.1, 0.15) is 11.3 Å². The largest absolute Gasteiger partial charge is 0.481 e. The summed E-state index contributed by atoms with van der Waals surface area (Å²) in [5.74, 6) is -0.598. The molecule has 1 aliphatic carbocycles. The van der Waals surface area contributed by atoms with Crippen LogP contribution in [-0.4, -0.2) is 27.0 Å². The molecule has 1 atom stereocenters. The third kappa shape index (κ3) is 3.14. The molecule has 2 aromatic heterocycles. The molecule has 6 heteroatoms. The molecule has 152 valence electrons. The zero-order chi connectivity index (χ0) is 20.7. The molecule has 2 heterocycles. The van der Waals surface area contributed by atoms with E-state index in [9.17, 15) is 15.1 Å². The van der Waals surface area contributed by atoms with Crippen LogP contribution >= 0.6 is 0 Å². The Labute approximate surface area is 172 Å². The Kier molecular flexibility index (Phi) is 4.54. The van der Waals surface area contributed by atoms with Crippen molar-refractivity contribution in [3.05, 3.63) is 71.1 Å². The number of para-hydroxylation sites is 1. The SMILES string of the molecule is O=C(O)[C@@H](CC(=NO)c1ccc2c3c(oc2c1)CCC3)Cc1c[nH]c2ccccc12. The highest BCUT2D eigenvalue weighted by Crippen LogP contribution is 2.33. The summed E-state index contributed by atoms with van der Waals surface area (Å²) in [6.45, 7) is 0. The molecule has 1 aliphatic rings. The number of fused-ring (bicyclic) bond motifs is 4. The lowest BCUT2D eigenvalue weighted by molar-refractivity contribution is -0.141. The quantitative estimate of drug-likeness (QED) is 0.242. The van der Waals surface area contributed by atoms with Crippen molar-refractivity contribution in [1.29, 1.82) is 0 Å². The van der Waals surface area contributed by atoms with Gasteiger partial charge < -0.3 is 19.7 Å². The molecule has 0 amide bonds. The van der Waals surface area contributed by atoms with Crippen molar-refractivity contribution in [1.82, 2.24) is 4.98 Å². The van der Waals surface area contributed by atoms with Crippen LogP contribution in [0.2, 0.25) is 0 Å². The van der Waals surface area contributed by atoms with E-state index in [0.29, 0.717) is 17.7 Å². The smallest absolute Gasteiger partial charge is 0.307 e. The number of H-pyrrole nitrogens is 1. The molecule has 0 saturated heterocycles. The number of benzene rings is 2. The maximum absolute atomic E-state index is 12.0. The molecule has 0 saturated carbocycles. The summed E-state index contributed by atoms with van der Waals surface area (Å²) in [6.07, 6.45) is 5.41. The Bertz CT molecular complexity index is 1280. The second-order valence-electron chi connectivity index (χ2n) is 7.92. The van der Waals surface area contributed by atoms with E-state index in [1.54, 1.807) is 0 Å². The highest BCUT2D eigenvalue weighted by molar-refractivity contribution is 6.04. The van der Waals surface area contributed by atoms with Crippen molar-refractivity contribution in [3.8, 4) is 0 Å². The molecule has 2 aromatic carbocycles. The Morgan fingerprint density at radius 1 is 1.17 bits per heavy atom. The number of carbonyl (C=O) groups is 1. The number of rotatable bonds is 6. The van der Waals surface area contributed by atoms with Crippen molar-refractivity contribution in [2.24, 2.45) is 11.1 Å². The number of furan rings is 1. The summed E-state index contributed by atoms with van der Waals surface area (Å²) in [7, 11) is 0. The minimum atomic E-state index is -0.917. The fourth-order valence-corrected chi connectivity index (χ4v) is 4.54. The van der Waals surface area contributed by atoms with Gasteiger partial charge in [0.2, 0.25) is 0 Å². The third-order valence-electron chi connectivity index (χ3n) is 6.09. The third-order valence-corrected chi connectivity index (χ3v) is 6.09. The number of nitrogens with one attached hydrogen (secondary N) is 1. The summed E-state index contributed by atoms with van der Waals surface area (Å²) in [4.78, 5) is 15.2. The van der Waals surface area contributed by atoms with Crippen molar-refractivity contribution >= 4 is 33.6 Å². The van der Waals surface area contributed by atoms with Crippen molar-refractivity contribution in [2.45, 2.75) is 32.1 Å². The van der Waals surface area contributed by atoms with Gasteiger partial charge in [0.15, 0.2) is 0 Å². The monoisotopic (exact) mass is 402 g/mol. The molecule has 5 rings (SSSR count). The predicted molar refractivity (Wildman–Crippen MR) is 114 cm³/mol. The van der Waals surface area contributed by atoms with E-state index < -0.39 is 11.9 Å². The molecule has 0 aliphatic heterocycles. The van der Waals surface area contributed by atoms with Crippen LogP contribution in [0.15, 0.2) is 58.2 Å². The zero-order valence-electron chi connectivity index (χ0n) is 16.4. The number of oxime groups is 1. The van der Waals surface area contributed by atoms with Crippen LogP contribution < -0.4 is 0 Å². The van der Waals surface area contributed by atoms with Crippen LogP contribution in [0.3, 0.4) is 0 Å². The van der Waals surface area contributed by atoms with Crippen molar-refractivity contribution in [2.75, 3.05) is 0 Å². The molecule has 0 unspecified atom stereocenters. The minimum absolute atomic E-state index is 0.122. The van der Waals surface area contributed by atoms with Gasteiger partial charge in [0.25, 0.3) is 0 Å². The summed E-state index contributed by atoms with van der Waals surface area (Å²) >= 11 is 0. The predicted octanol–water partition coefficient (Wildman–Crippen LogP) is 4.91. The van der Waals surface area contributed by atoms with E-state index in [1.165, 1.54) is 5.56 Å². The lowest BCUT2D eigenvalue weighted by Gasteiger charge is -2.13. The van der Waals surface area contributed by atoms with Crippen LogP contribution in [0.25, 0.3) is 21.9 Å². The van der Waals surface area contributed by atoms with E-state index >= 15 is 0 Å². The van der Waals surface area contributed by atoms with Crippen LogP contribution in [0.1, 0.15) is 35.3 Å². The van der Waals surface area contributed by atoms with Gasteiger partial charge in [-0.15, -0.1) is 0 Å². The fraction of sp³-hybridized carbons (Fsp3) is 0.250. The molecule has 0 bridgehead atoms. The molecule has 0 radical (unpaired) electrons. The topological polar surface area (TPSA) is 98.8 Å². The molecule has 0 fully saturated rings.